The molecule has 0 spiro atoms. The number of nitrogens with one attached hydrogen (secondary N) is 1. The molecule has 1 aromatic carbocycles. The third-order valence-corrected chi connectivity index (χ3v) is 5.76. The average molecular weight is 377 g/mol. The highest BCUT2D eigenvalue weighted by Crippen LogP contribution is 2.27. The second-order valence-electron chi connectivity index (χ2n) is 6.18. The normalized spacial score (nSPS) is 17.4. The Morgan fingerprint density at radius 2 is 2.16 bits per heavy atom. The number of likely N-dealkylation sites (tertiary alicyclic amines) is 1. The van der Waals surface area contributed by atoms with Crippen molar-refractivity contribution in [2.24, 2.45) is 0 Å². The fourth-order valence-corrected chi connectivity index (χ4v) is 3.99. The minimum Gasteiger partial charge on any atom is -0.336 e. The molecule has 2 heterocycles. The standard InChI is InChI=1S/C19H21ClN2O2S/c1-2-14-6-3-4-10-22(14)19(24)13-8-9-15(20)16(12-13)21-18(23)17-7-5-11-25-17/h5,7-9,11-12,14H,2-4,6,10H2,1H3,(H,21,23). The smallest absolute Gasteiger partial charge is 0.265 e. The predicted octanol–water partition coefficient (Wildman–Crippen LogP) is 5.06. The average Bonchev–Trinajstić information content (AvgIpc) is 3.17. The van der Waals surface area contributed by atoms with Crippen molar-refractivity contribution in [3.8, 4) is 0 Å². The zero-order valence-electron chi connectivity index (χ0n) is 14.1. The number of anilines is 1. The van der Waals surface area contributed by atoms with Gasteiger partial charge in [-0.1, -0.05) is 24.6 Å². The molecule has 1 fully saturated rings. The quantitative estimate of drug-likeness (QED) is 0.810. The summed E-state index contributed by atoms with van der Waals surface area (Å²) in [5, 5.41) is 5.07. The largest absolute Gasteiger partial charge is 0.336 e. The van der Waals surface area contributed by atoms with E-state index in [4.69, 9.17) is 11.6 Å². The van der Waals surface area contributed by atoms with Gasteiger partial charge in [0, 0.05) is 18.2 Å². The molecule has 1 aromatic heterocycles. The van der Waals surface area contributed by atoms with Gasteiger partial charge in [0.1, 0.15) is 0 Å². The zero-order valence-corrected chi connectivity index (χ0v) is 15.7. The number of piperidine rings is 1. The molecule has 1 aliphatic heterocycles. The number of benzene rings is 1. The number of hydrogen-bond acceptors (Lipinski definition) is 3. The minimum atomic E-state index is -0.217. The highest BCUT2D eigenvalue weighted by molar-refractivity contribution is 7.12. The molecule has 1 N–H and O–H groups in total. The minimum absolute atomic E-state index is 0.00911. The van der Waals surface area contributed by atoms with E-state index in [1.54, 1.807) is 24.3 Å². The van der Waals surface area contributed by atoms with Gasteiger partial charge in [0.2, 0.25) is 0 Å². The van der Waals surface area contributed by atoms with Crippen LogP contribution in [0, 0.1) is 0 Å². The number of rotatable bonds is 4. The third-order valence-electron chi connectivity index (χ3n) is 4.57. The van der Waals surface area contributed by atoms with E-state index in [9.17, 15) is 9.59 Å². The molecule has 1 unspecified atom stereocenters. The molecule has 3 rings (SSSR count). The summed E-state index contributed by atoms with van der Waals surface area (Å²) in [7, 11) is 0. The van der Waals surface area contributed by atoms with Gasteiger partial charge in [-0.25, -0.2) is 0 Å². The number of halogens is 1. The van der Waals surface area contributed by atoms with Crippen molar-refractivity contribution in [2.75, 3.05) is 11.9 Å². The summed E-state index contributed by atoms with van der Waals surface area (Å²) in [6.45, 7) is 2.90. The van der Waals surface area contributed by atoms with Gasteiger partial charge in [-0.05, 0) is 55.3 Å². The summed E-state index contributed by atoms with van der Waals surface area (Å²) in [6.07, 6.45) is 4.22. The van der Waals surface area contributed by atoms with E-state index in [0.29, 0.717) is 27.2 Å². The Labute approximate surface area is 156 Å². The van der Waals surface area contributed by atoms with Gasteiger partial charge in [-0.3, -0.25) is 9.59 Å². The molecule has 0 bridgehead atoms. The van der Waals surface area contributed by atoms with E-state index in [0.717, 1.165) is 25.8 Å². The first-order valence-electron chi connectivity index (χ1n) is 8.55. The molecule has 1 aliphatic rings. The maximum atomic E-state index is 12.9. The molecule has 4 nitrogen and oxygen atoms in total. The molecule has 1 atom stereocenters. The molecule has 2 aromatic rings. The van der Waals surface area contributed by atoms with Crippen LogP contribution >= 0.6 is 22.9 Å². The fraction of sp³-hybridized carbons (Fsp3) is 0.368. The van der Waals surface area contributed by atoms with Crippen LogP contribution in [0.15, 0.2) is 35.7 Å². The van der Waals surface area contributed by atoms with Gasteiger partial charge in [0.15, 0.2) is 0 Å². The van der Waals surface area contributed by atoms with Gasteiger partial charge in [0.05, 0.1) is 15.6 Å². The maximum Gasteiger partial charge on any atom is 0.265 e. The molecular formula is C19H21ClN2O2S. The lowest BCUT2D eigenvalue weighted by Crippen LogP contribution is -2.43. The number of nitrogens with zero attached hydrogens (tertiary/aromatic N) is 1. The number of hydrogen-bond donors (Lipinski definition) is 1. The monoisotopic (exact) mass is 376 g/mol. The second-order valence-corrected chi connectivity index (χ2v) is 7.54. The van der Waals surface area contributed by atoms with Crippen molar-refractivity contribution in [3.63, 3.8) is 0 Å². The predicted molar refractivity (Wildman–Crippen MR) is 103 cm³/mol. The van der Waals surface area contributed by atoms with Gasteiger partial charge in [-0.2, -0.15) is 0 Å². The number of carbonyl (C=O) groups excluding carboxylic acids is 2. The van der Waals surface area contributed by atoms with Crippen LogP contribution in [0.1, 0.15) is 52.6 Å². The van der Waals surface area contributed by atoms with Crippen LogP contribution in [-0.4, -0.2) is 29.3 Å². The van der Waals surface area contributed by atoms with Crippen LogP contribution in [0.3, 0.4) is 0 Å². The lowest BCUT2D eigenvalue weighted by molar-refractivity contribution is 0.0608. The molecule has 25 heavy (non-hydrogen) atoms. The first-order valence-corrected chi connectivity index (χ1v) is 9.81. The van der Waals surface area contributed by atoms with Crippen LogP contribution in [0.25, 0.3) is 0 Å². The van der Waals surface area contributed by atoms with Gasteiger partial charge in [0.25, 0.3) is 11.8 Å². The molecule has 6 heteroatoms. The summed E-state index contributed by atoms with van der Waals surface area (Å²) >= 11 is 7.57. The summed E-state index contributed by atoms with van der Waals surface area (Å²) < 4.78 is 0. The summed E-state index contributed by atoms with van der Waals surface area (Å²) in [5.41, 5.74) is 1.03. The second kappa shape index (κ2) is 8.02. The zero-order chi connectivity index (χ0) is 17.8. The highest BCUT2D eigenvalue weighted by atomic mass is 35.5. The SMILES string of the molecule is CCC1CCCCN1C(=O)c1ccc(Cl)c(NC(=O)c2cccs2)c1. The van der Waals surface area contributed by atoms with Crippen molar-refractivity contribution >= 4 is 40.4 Å². The number of carbonyl (C=O) groups is 2. The maximum absolute atomic E-state index is 12.9. The third kappa shape index (κ3) is 4.05. The first kappa shape index (κ1) is 18.0. The van der Waals surface area contributed by atoms with E-state index in [1.807, 2.05) is 16.3 Å². The Bertz CT molecular complexity index is 761. The van der Waals surface area contributed by atoms with E-state index >= 15 is 0 Å². The van der Waals surface area contributed by atoms with Crippen molar-refractivity contribution in [3.05, 3.63) is 51.2 Å². The topological polar surface area (TPSA) is 49.4 Å². The molecule has 1 saturated heterocycles. The van der Waals surface area contributed by atoms with E-state index in [2.05, 4.69) is 12.2 Å². The van der Waals surface area contributed by atoms with Crippen molar-refractivity contribution in [2.45, 2.75) is 38.6 Å². The highest BCUT2D eigenvalue weighted by Gasteiger charge is 2.26. The van der Waals surface area contributed by atoms with Crippen molar-refractivity contribution in [1.82, 2.24) is 4.90 Å². The van der Waals surface area contributed by atoms with Crippen LogP contribution in [0.4, 0.5) is 5.69 Å². The lowest BCUT2D eigenvalue weighted by atomic mass is 9.99. The van der Waals surface area contributed by atoms with E-state index in [1.165, 1.54) is 17.8 Å². The summed E-state index contributed by atoms with van der Waals surface area (Å²) in [6, 6.07) is 8.94. The number of thiophene rings is 1. The Hall–Kier alpha value is -1.85. The molecular weight excluding hydrogens is 356 g/mol. The van der Waals surface area contributed by atoms with Gasteiger partial charge < -0.3 is 10.2 Å². The molecule has 132 valence electrons. The van der Waals surface area contributed by atoms with Gasteiger partial charge in [-0.15, -0.1) is 11.3 Å². The molecule has 2 amide bonds. The Kier molecular flexibility index (Phi) is 5.76. The summed E-state index contributed by atoms with van der Waals surface area (Å²) in [5.74, 6) is -0.208. The molecule has 0 radical (unpaired) electrons. The van der Waals surface area contributed by atoms with E-state index < -0.39 is 0 Å². The lowest BCUT2D eigenvalue weighted by Gasteiger charge is -2.35. The molecule has 0 saturated carbocycles. The summed E-state index contributed by atoms with van der Waals surface area (Å²) in [4.78, 5) is 27.7. The van der Waals surface area contributed by atoms with Crippen molar-refractivity contribution < 1.29 is 9.59 Å². The van der Waals surface area contributed by atoms with E-state index in [-0.39, 0.29) is 11.8 Å². The fourth-order valence-electron chi connectivity index (χ4n) is 3.20. The Morgan fingerprint density at radius 3 is 2.88 bits per heavy atom. The van der Waals surface area contributed by atoms with Gasteiger partial charge >= 0.3 is 0 Å². The van der Waals surface area contributed by atoms with Crippen LogP contribution in [-0.2, 0) is 0 Å². The van der Waals surface area contributed by atoms with Crippen molar-refractivity contribution in [1.29, 1.82) is 0 Å². The Morgan fingerprint density at radius 1 is 1.32 bits per heavy atom. The Balaban J connectivity index is 1.81. The first-order chi connectivity index (χ1) is 12.1. The molecule has 0 aliphatic carbocycles. The van der Waals surface area contributed by atoms with Crippen LogP contribution in [0.2, 0.25) is 5.02 Å². The van der Waals surface area contributed by atoms with Crippen LogP contribution < -0.4 is 5.32 Å². The number of amides is 2. The van der Waals surface area contributed by atoms with Crippen LogP contribution in [0.5, 0.6) is 0 Å².